The van der Waals surface area contributed by atoms with Crippen molar-refractivity contribution in [2.45, 2.75) is 24.5 Å². The number of nitrogens with one attached hydrogen (secondary N) is 2. The van der Waals surface area contributed by atoms with Gasteiger partial charge in [0.1, 0.15) is 23.8 Å². The van der Waals surface area contributed by atoms with Crippen LogP contribution in [0.25, 0.3) is 11.4 Å². The van der Waals surface area contributed by atoms with Crippen LogP contribution in [0, 0.1) is 11.3 Å². The van der Waals surface area contributed by atoms with Gasteiger partial charge in [0.25, 0.3) is 5.91 Å². The Kier molecular flexibility index (Phi) is 8.35. The van der Waals surface area contributed by atoms with Crippen LogP contribution in [0.15, 0.2) is 61.3 Å². The second kappa shape index (κ2) is 12.9. The number of aromatic amines is 1. The maximum absolute atomic E-state index is 15.1. The average molecular weight is 643 g/mol. The molecule has 3 fully saturated rings. The van der Waals surface area contributed by atoms with Crippen molar-refractivity contribution in [2.75, 3.05) is 62.7 Å². The number of hydrogen-bond donors (Lipinski definition) is 2. The summed E-state index contributed by atoms with van der Waals surface area (Å²) in [5.74, 6) is -3.27. The number of hydrogen-bond acceptors (Lipinski definition) is 11. The van der Waals surface area contributed by atoms with Crippen LogP contribution in [0.2, 0.25) is 0 Å². The number of rotatable bonds is 8. The second-order valence-electron chi connectivity index (χ2n) is 11.7. The van der Waals surface area contributed by atoms with E-state index in [1.165, 1.54) is 31.0 Å². The van der Waals surface area contributed by atoms with Crippen LogP contribution in [0.3, 0.4) is 0 Å². The van der Waals surface area contributed by atoms with Crippen molar-refractivity contribution in [2.24, 2.45) is 0 Å². The number of imidazole rings is 1. The highest BCUT2D eigenvalue weighted by Gasteiger charge is 2.48. The molecule has 1 amide bonds. The molecular weight excluding hydrogens is 610 g/mol. The largest absolute Gasteiger partial charge is 0.483 e. The Morgan fingerprint density at radius 3 is 2.57 bits per heavy atom. The normalized spacial score (nSPS) is 19.9. The Bertz CT molecular complexity index is 1750. The number of carbonyl (C=O) groups is 1. The Balaban J connectivity index is 0.983. The van der Waals surface area contributed by atoms with Gasteiger partial charge in [0, 0.05) is 56.1 Å². The summed E-state index contributed by atoms with van der Waals surface area (Å²) in [7, 11) is 0. The lowest BCUT2D eigenvalue weighted by molar-refractivity contribution is -0.132. The van der Waals surface area contributed by atoms with Crippen molar-refractivity contribution in [1.82, 2.24) is 34.7 Å². The molecule has 3 saturated heterocycles. The number of benzene rings is 2. The summed E-state index contributed by atoms with van der Waals surface area (Å²) in [5, 5.41) is 13.0. The monoisotopic (exact) mass is 642 g/mol. The van der Waals surface area contributed by atoms with Crippen LogP contribution >= 0.6 is 0 Å². The predicted octanol–water partition coefficient (Wildman–Crippen LogP) is 3.33. The fraction of sp³-hybridized carbons (Fsp3) is 0.375. The van der Waals surface area contributed by atoms with Gasteiger partial charge in [0.2, 0.25) is 5.95 Å². The smallest absolute Gasteiger partial charge is 0.301 e. The van der Waals surface area contributed by atoms with Gasteiger partial charge in [-0.2, -0.15) is 10.2 Å². The van der Waals surface area contributed by atoms with Gasteiger partial charge in [0.05, 0.1) is 43.9 Å². The van der Waals surface area contributed by atoms with E-state index in [1.807, 2.05) is 18.2 Å². The minimum absolute atomic E-state index is 0.0141. The number of aromatic nitrogens is 5. The van der Waals surface area contributed by atoms with Gasteiger partial charge in [0.15, 0.2) is 11.9 Å². The average Bonchev–Trinajstić information content (AvgIpc) is 3.61. The molecule has 0 radical (unpaired) electrons. The Morgan fingerprint density at radius 2 is 1.89 bits per heavy atom. The summed E-state index contributed by atoms with van der Waals surface area (Å²) < 4.78 is 41.2. The van der Waals surface area contributed by atoms with Crippen LogP contribution in [-0.2, 0) is 4.74 Å². The minimum atomic E-state index is -3.34. The Hall–Kier alpha value is -5.20. The number of ether oxygens (including phenoxy) is 2. The molecule has 2 N–H and O–H groups in total. The zero-order valence-electron chi connectivity index (χ0n) is 25.4. The van der Waals surface area contributed by atoms with Crippen molar-refractivity contribution in [1.29, 1.82) is 5.26 Å². The van der Waals surface area contributed by atoms with Gasteiger partial charge in [-0.05, 0) is 42.5 Å². The van der Waals surface area contributed by atoms with Crippen molar-refractivity contribution < 1.29 is 23.0 Å². The fourth-order valence-corrected chi connectivity index (χ4v) is 5.95. The van der Waals surface area contributed by atoms with E-state index in [2.05, 4.69) is 52.2 Å². The number of anilines is 3. The molecular formula is C32H32F2N10O3. The molecule has 47 heavy (non-hydrogen) atoms. The highest BCUT2D eigenvalue weighted by molar-refractivity contribution is 5.92. The van der Waals surface area contributed by atoms with Gasteiger partial charge in [-0.25, -0.2) is 23.7 Å². The Labute approximate surface area is 269 Å². The minimum Gasteiger partial charge on any atom is -0.483 e. The molecule has 15 heteroatoms. The molecule has 1 atom stereocenters. The van der Waals surface area contributed by atoms with E-state index >= 15 is 8.78 Å². The molecule has 0 bridgehead atoms. The van der Waals surface area contributed by atoms with E-state index in [4.69, 9.17) is 9.47 Å². The molecule has 0 aliphatic carbocycles. The van der Waals surface area contributed by atoms with Crippen molar-refractivity contribution in [3.8, 4) is 23.2 Å². The van der Waals surface area contributed by atoms with Crippen LogP contribution in [0.4, 0.5) is 26.1 Å². The van der Waals surface area contributed by atoms with Crippen molar-refractivity contribution in [3.05, 3.63) is 72.6 Å². The maximum Gasteiger partial charge on any atom is 0.301 e. The van der Waals surface area contributed by atoms with Gasteiger partial charge in [-0.3, -0.25) is 9.69 Å². The third-order valence-electron chi connectivity index (χ3n) is 8.69. The number of halogens is 2. The first-order chi connectivity index (χ1) is 22.9. The molecule has 5 heterocycles. The zero-order valence-corrected chi connectivity index (χ0v) is 25.4. The number of nitriles is 1. The molecule has 4 aromatic rings. The summed E-state index contributed by atoms with van der Waals surface area (Å²) in [6.07, 6.45) is 2.34. The van der Waals surface area contributed by atoms with E-state index in [9.17, 15) is 10.1 Å². The molecule has 13 nitrogen and oxygen atoms in total. The highest BCUT2D eigenvalue weighted by Crippen LogP contribution is 2.34. The lowest BCUT2D eigenvalue weighted by Crippen LogP contribution is -2.56. The number of likely N-dealkylation sites (tertiary alicyclic amines) is 1. The van der Waals surface area contributed by atoms with Crippen molar-refractivity contribution >= 4 is 23.2 Å². The number of H-pyrrole nitrogens is 1. The van der Waals surface area contributed by atoms with Gasteiger partial charge >= 0.3 is 5.92 Å². The molecule has 2 aromatic heterocycles. The number of alkyl halides is 2. The summed E-state index contributed by atoms with van der Waals surface area (Å²) in [6.45, 7) is 4.88. The highest BCUT2D eigenvalue weighted by atomic mass is 19.3. The quantitative estimate of drug-likeness (QED) is 0.292. The van der Waals surface area contributed by atoms with Gasteiger partial charge in [-0.1, -0.05) is 0 Å². The van der Waals surface area contributed by atoms with Gasteiger partial charge in [-0.15, -0.1) is 0 Å². The summed E-state index contributed by atoms with van der Waals surface area (Å²) >= 11 is 0. The molecule has 0 spiro atoms. The van der Waals surface area contributed by atoms with Crippen LogP contribution < -0.4 is 15.0 Å². The third-order valence-corrected chi connectivity index (χ3v) is 8.69. The van der Waals surface area contributed by atoms with Crippen molar-refractivity contribution in [3.63, 3.8) is 0 Å². The molecule has 7 rings (SSSR count). The number of piperazine rings is 1. The first kappa shape index (κ1) is 30.5. The van der Waals surface area contributed by atoms with Crippen LogP contribution in [0.1, 0.15) is 22.5 Å². The van der Waals surface area contributed by atoms with E-state index in [0.717, 1.165) is 55.7 Å². The molecule has 0 saturated carbocycles. The first-order valence-corrected chi connectivity index (χ1v) is 15.4. The zero-order chi connectivity index (χ0) is 32.4. The lowest BCUT2D eigenvalue weighted by Gasteiger charge is -2.43. The first-order valence-electron chi connectivity index (χ1n) is 15.4. The van der Waals surface area contributed by atoms with Gasteiger partial charge < -0.3 is 29.6 Å². The molecule has 1 unspecified atom stereocenters. The molecule has 2 aromatic carbocycles. The summed E-state index contributed by atoms with van der Waals surface area (Å²) in [5.41, 5.74) is 2.64. The molecule has 3 aliphatic rings. The summed E-state index contributed by atoms with van der Waals surface area (Å²) in [4.78, 5) is 37.9. The van der Waals surface area contributed by atoms with Crippen LogP contribution in [0.5, 0.6) is 5.75 Å². The fourth-order valence-electron chi connectivity index (χ4n) is 5.95. The lowest BCUT2D eigenvalue weighted by atomic mass is 10.0. The maximum atomic E-state index is 15.1. The van der Waals surface area contributed by atoms with E-state index in [1.54, 1.807) is 6.07 Å². The van der Waals surface area contributed by atoms with E-state index < -0.39 is 24.5 Å². The predicted molar refractivity (Wildman–Crippen MR) is 167 cm³/mol. The SMILES string of the molecule is N#Cc1cc(-c2ncnc(Nc3ccc(N4CCN(C5COC5)CC4)cc3)n2)ccc1OC1CCN(C(=O)c2cnc[nH]2)CC1(F)F. The number of amides is 1. The summed E-state index contributed by atoms with van der Waals surface area (Å²) in [6, 6.07) is 15.2. The topological polar surface area (TPSA) is 148 Å². The number of carbonyl (C=O) groups excluding carboxylic acids is 1. The molecule has 242 valence electrons. The van der Waals surface area contributed by atoms with E-state index in [0.29, 0.717) is 23.4 Å². The number of nitrogens with zero attached hydrogens (tertiary/aromatic N) is 8. The second-order valence-corrected chi connectivity index (χ2v) is 11.7. The number of piperidine rings is 1. The van der Waals surface area contributed by atoms with Crippen LogP contribution in [-0.4, -0.2) is 111 Å². The Morgan fingerprint density at radius 1 is 1.09 bits per heavy atom. The van der Waals surface area contributed by atoms with E-state index in [-0.39, 0.29) is 30.0 Å². The molecule has 3 aliphatic heterocycles. The third kappa shape index (κ3) is 6.56. The standard InChI is InChI=1S/C32H32F2N10O3/c33-32(34)18-44(30(45)26-15-36-19-37-26)8-7-28(32)47-27-6-1-21(13-22(27)14-35)29-38-20-39-31(41-29)40-23-2-4-24(5-3-23)42-9-11-43(12-10-42)25-16-46-17-25/h1-6,13,15,19-20,25,28H,7-12,16-18H2,(H,36,37)(H,38,39,40,41).